The molecule has 0 aliphatic carbocycles. The van der Waals surface area contributed by atoms with Crippen LogP contribution in [0.1, 0.15) is 22.9 Å². The van der Waals surface area contributed by atoms with Crippen molar-refractivity contribution in [3.8, 4) is 11.5 Å². The van der Waals surface area contributed by atoms with Crippen molar-refractivity contribution in [2.24, 2.45) is 0 Å². The van der Waals surface area contributed by atoms with E-state index in [-0.39, 0.29) is 0 Å². The Morgan fingerprint density at radius 2 is 2.14 bits per heavy atom. The summed E-state index contributed by atoms with van der Waals surface area (Å²) in [7, 11) is 3.18. The second-order valence-corrected chi connectivity index (χ2v) is 4.77. The molecule has 0 radical (unpaired) electrons. The first-order valence-corrected chi connectivity index (χ1v) is 6.75. The number of aliphatic hydroxyl groups excluding tert-OH is 1. The number of rotatable bonds is 7. The van der Waals surface area contributed by atoms with E-state index in [1.54, 1.807) is 38.6 Å². The number of methoxy groups -OCH3 is 2. The van der Waals surface area contributed by atoms with Crippen LogP contribution < -0.4 is 14.8 Å². The van der Waals surface area contributed by atoms with Gasteiger partial charge in [0, 0.05) is 29.9 Å². The third-order valence-electron chi connectivity index (χ3n) is 3.38. The molecule has 0 aliphatic rings. The molecule has 1 heterocycles. The zero-order valence-electron chi connectivity index (χ0n) is 12.5. The summed E-state index contributed by atoms with van der Waals surface area (Å²) in [5.74, 6) is 1.33. The number of aromatic nitrogens is 2. The molecule has 0 spiro atoms. The van der Waals surface area contributed by atoms with E-state index >= 15 is 0 Å². The van der Waals surface area contributed by atoms with Crippen LogP contribution in [0.25, 0.3) is 0 Å². The number of H-pyrrole nitrogens is 1. The minimum atomic E-state index is -0.678. The van der Waals surface area contributed by atoms with Crippen LogP contribution in [0.5, 0.6) is 11.5 Å². The van der Waals surface area contributed by atoms with Crippen LogP contribution >= 0.6 is 0 Å². The smallest absolute Gasteiger partial charge is 0.124 e. The molecule has 1 aromatic carbocycles. The molecular formula is C15H21N3O3. The van der Waals surface area contributed by atoms with E-state index in [1.165, 1.54) is 0 Å². The molecule has 0 saturated carbocycles. The second kappa shape index (κ2) is 7.10. The van der Waals surface area contributed by atoms with E-state index < -0.39 is 6.10 Å². The SMILES string of the molecule is COc1ccc(OC)c(C(O)CNCc2cn[nH]c2C)c1. The minimum Gasteiger partial charge on any atom is -0.497 e. The van der Waals surface area contributed by atoms with E-state index in [4.69, 9.17) is 9.47 Å². The van der Waals surface area contributed by atoms with Gasteiger partial charge in [0.05, 0.1) is 26.5 Å². The van der Waals surface area contributed by atoms with Crippen molar-refractivity contribution < 1.29 is 14.6 Å². The molecule has 1 atom stereocenters. The average molecular weight is 291 g/mol. The topological polar surface area (TPSA) is 79.4 Å². The van der Waals surface area contributed by atoms with E-state index in [0.717, 1.165) is 11.3 Å². The van der Waals surface area contributed by atoms with Crippen LogP contribution in [0.4, 0.5) is 0 Å². The Kier molecular flexibility index (Phi) is 5.19. The predicted octanol–water partition coefficient (Wildman–Crippen LogP) is 1.56. The fraction of sp³-hybridized carbons (Fsp3) is 0.400. The van der Waals surface area contributed by atoms with Crippen molar-refractivity contribution >= 4 is 0 Å². The highest BCUT2D eigenvalue weighted by Crippen LogP contribution is 2.29. The van der Waals surface area contributed by atoms with E-state index in [0.29, 0.717) is 30.2 Å². The Morgan fingerprint density at radius 3 is 2.76 bits per heavy atom. The number of hydrogen-bond donors (Lipinski definition) is 3. The number of hydrogen-bond acceptors (Lipinski definition) is 5. The van der Waals surface area contributed by atoms with Crippen molar-refractivity contribution in [3.05, 3.63) is 41.2 Å². The molecule has 0 fully saturated rings. The van der Waals surface area contributed by atoms with Crippen LogP contribution in [0.2, 0.25) is 0 Å². The number of ether oxygens (including phenoxy) is 2. The van der Waals surface area contributed by atoms with Gasteiger partial charge in [0.2, 0.25) is 0 Å². The summed E-state index contributed by atoms with van der Waals surface area (Å²) in [6, 6.07) is 5.38. The number of benzene rings is 1. The van der Waals surface area contributed by atoms with Gasteiger partial charge >= 0.3 is 0 Å². The van der Waals surface area contributed by atoms with Gasteiger partial charge < -0.3 is 19.9 Å². The molecule has 0 saturated heterocycles. The highest BCUT2D eigenvalue weighted by molar-refractivity contribution is 5.41. The first-order valence-electron chi connectivity index (χ1n) is 6.75. The van der Waals surface area contributed by atoms with Gasteiger partial charge in [-0.25, -0.2) is 0 Å². The van der Waals surface area contributed by atoms with Gasteiger partial charge in [-0.1, -0.05) is 0 Å². The Bertz CT molecular complexity index is 583. The first-order chi connectivity index (χ1) is 10.2. The molecule has 114 valence electrons. The summed E-state index contributed by atoms with van der Waals surface area (Å²) in [5, 5.41) is 20.4. The molecular weight excluding hydrogens is 270 g/mol. The first kappa shape index (κ1) is 15.3. The number of nitrogens with one attached hydrogen (secondary N) is 2. The lowest BCUT2D eigenvalue weighted by Crippen LogP contribution is -2.21. The minimum absolute atomic E-state index is 0.411. The van der Waals surface area contributed by atoms with Gasteiger partial charge in [0.15, 0.2) is 0 Å². The highest BCUT2D eigenvalue weighted by Gasteiger charge is 2.14. The molecule has 3 N–H and O–H groups in total. The van der Waals surface area contributed by atoms with Crippen LogP contribution in [-0.2, 0) is 6.54 Å². The summed E-state index contributed by atoms with van der Waals surface area (Å²) < 4.78 is 10.5. The quantitative estimate of drug-likeness (QED) is 0.721. The van der Waals surface area contributed by atoms with Crippen molar-refractivity contribution in [1.82, 2.24) is 15.5 Å². The van der Waals surface area contributed by atoms with E-state index in [9.17, 15) is 5.11 Å². The fourth-order valence-corrected chi connectivity index (χ4v) is 2.11. The van der Waals surface area contributed by atoms with Gasteiger partial charge in [0.25, 0.3) is 0 Å². The fourth-order valence-electron chi connectivity index (χ4n) is 2.11. The van der Waals surface area contributed by atoms with Gasteiger partial charge in [-0.15, -0.1) is 0 Å². The Labute approximate surface area is 124 Å². The largest absolute Gasteiger partial charge is 0.497 e. The zero-order valence-corrected chi connectivity index (χ0v) is 12.5. The lowest BCUT2D eigenvalue weighted by atomic mass is 10.1. The molecule has 2 aromatic rings. The lowest BCUT2D eigenvalue weighted by molar-refractivity contribution is 0.169. The maximum Gasteiger partial charge on any atom is 0.124 e. The van der Waals surface area contributed by atoms with E-state index in [2.05, 4.69) is 15.5 Å². The summed E-state index contributed by atoms with van der Waals surface area (Å²) >= 11 is 0. The lowest BCUT2D eigenvalue weighted by Gasteiger charge is -2.16. The van der Waals surface area contributed by atoms with Gasteiger partial charge in [0.1, 0.15) is 11.5 Å². The highest BCUT2D eigenvalue weighted by atomic mass is 16.5. The van der Waals surface area contributed by atoms with Crippen LogP contribution in [0.15, 0.2) is 24.4 Å². The summed E-state index contributed by atoms with van der Waals surface area (Å²) in [6.07, 6.45) is 1.10. The number of aryl methyl sites for hydroxylation is 1. The third kappa shape index (κ3) is 3.74. The summed E-state index contributed by atoms with van der Waals surface area (Å²) in [6.45, 7) is 3.02. The monoisotopic (exact) mass is 291 g/mol. The molecule has 2 rings (SSSR count). The summed E-state index contributed by atoms with van der Waals surface area (Å²) in [4.78, 5) is 0. The number of nitrogens with zero attached hydrogens (tertiary/aromatic N) is 1. The molecule has 6 heteroatoms. The van der Waals surface area contributed by atoms with Crippen molar-refractivity contribution in [1.29, 1.82) is 0 Å². The number of aliphatic hydroxyl groups is 1. The van der Waals surface area contributed by atoms with Gasteiger partial charge in [-0.2, -0.15) is 5.10 Å². The van der Waals surface area contributed by atoms with Crippen molar-refractivity contribution in [2.75, 3.05) is 20.8 Å². The van der Waals surface area contributed by atoms with Crippen molar-refractivity contribution in [3.63, 3.8) is 0 Å². The maximum atomic E-state index is 10.3. The van der Waals surface area contributed by atoms with Crippen LogP contribution in [0.3, 0.4) is 0 Å². The molecule has 6 nitrogen and oxygen atoms in total. The van der Waals surface area contributed by atoms with Crippen LogP contribution in [-0.4, -0.2) is 36.1 Å². The molecule has 0 bridgehead atoms. The molecule has 0 amide bonds. The van der Waals surface area contributed by atoms with Crippen LogP contribution in [0, 0.1) is 6.92 Å². The van der Waals surface area contributed by atoms with Crippen molar-refractivity contribution in [2.45, 2.75) is 19.6 Å². The Balaban J connectivity index is 1.99. The molecule has 0 aliphatic heterocycles. The normalized spacial score (nSPS) is 12.2. The molecule has 21 heavy (non-hydrogen) atoms. The average Bonchev–Trinajstić information content (AvgIpc) is 2.91. The standard InChI is InChI=1S/C15H21N3O3/c1-10-11(8-17-18-10)7-16-9-14(19)13-6-12(20-2)4-5-15(13)21-3/h4-6,8,14,16,19H,7,9H2,1-3H3,(H,17,18). The third-order valence-corrected chi connectivity index (χ3v) is 3.38. The number of aromatic amines is 1. The summed E-state index contributed by atoms with van der Waals surface area (Å²) in [5.41, 5.74) is 2.81. The predicted molar refractivity (Wildman–Crippen MR) is 79.5 cm³/mol. The maximum absolute atomic E-state index is 10.3. The molecule has 1 aromatic heterocycles. The molecule has 1 unspecified atom stereocenters. The van der Waals surface area contributed by atoms with Gasteiger partial charge in [-0.05, 0) is 25.1 Å². The Morgan fingerprint density at radius 1 is 1.33 bits per heavy atom. The Hall–Kier alpha value is -2.05. The van der Waals surface area contributed by atoms with Gasteiger partial charge in [-0.3, -0.25) is 5.10 Å². The zero-order chi connectivity index (χ0) is 15.2. The van der Waals surface area contributed by atoms with E-state index in [1.807, 2.05) is 6.92 Å². The second-order valence-electron chi connectivity index (χ2n) is 4.77.